The van der Waals surface area contributed by atoms with Crippen molar-refractivity contribution in [3.8, 4) is 0 Å². The molecule has 0 fully saturated rings. The smallest absolute Gasteiger partial charge is 0.382 e. The number of halogens is 3. The van der Waals surface area contributed by atoms with Crippen molar-refractivity contribution in [1.82, 2.24) is 15.1 Å². The van der Waals surface area contributed by atoms with Crippen molar-refractivity contribution < 1.29 is 23.1 Å². The maximum absolute atomic E-state index is 11.9. The third kappa shape index (κ3) is 4.31. The Morgan fingerprint density at radius 3 is 2.76 bits per heavy atom. The number of hydrogen-bond donors (Lipinski definition) is 3. The van der Waals surface area contributed by atoms with Crippen LogP contribution in [0.4, 0.5) is 19.0 Å². The molecule has 0 aliphatic carbocycles. The first-order valence-corrected chi connectivity index (χ1v) is 4.59. The molecule has 0 aliphatic rings. The molecule has 1 rings (SSSR count). The summed E-state index contributed by atoms with van der Waals surface area (Å²) in [6, 6.07) is 1.44. The Kier molecular flexibility index (Phi) is 3.94. The molecule has 0 saturated heterocycles. The minimum atomic E-state index is -4.75. The van der Waals surface area contributed by atoms with Crippen LogP contribution in [0.3, 0.4) is 0 Å². The highest BCUT2D eigenvalue weighted by atomic mass is 19.4. The van der Waals surface area contributed by atoms with Gasteiger partial charge in [0.1, 0.15) is 12.4 Å². The molecule has 1 amide bonds. The van der Waals surface area contributed by atoms with Crippen LogP contribution in [0, 0.1) is 0 Å². The van der Waals surface area contributed by atoms with Crippen LogP contribution in [-0.4, -0.2) is 39.6 Å². The van der Waals surface area contributed by atoms with E-state index in [2.05, 4.69) is 5.10 Å². The zero-order valence-electron chi connectivity index (χ0n) is 8.61. The summed E-state index contributed by atoms with van der Waals surface area (Å²) in [7, 11) is 0. The Balaban J connectivity index is 2.36. The molecule has 4 N–H and O–H groups in total. The van der Waals surface area contributed by atoms with E-state index in [-0.39, 0.29) is 12.4 Å². The average molecular weight is 252 g/mol. The van der Waals surface area contributed by atoms with Gasteiger partial charge in [0.25, 0.3) is 0 Å². The van der Waals surface area contributed by atoms with Crippen molar-refractivity contribution in [1.29, 1.82) is 0 Å². The highest BCUT2D eigenvalue weighted by Crippen LogP contribution is 2.19. The van der Waals surface area contributed by atoms with Gasteiger partial charge in [-0.1, -0.05) is 0 Å². The molecule has 1 atom stereocenters. The van der Waals surface area contributed by atoms with Crippen LogP contribution in [0.1, 0.15) is 0 Å². The second-order valence-corrected chi connectivity index (χ2v) is 3.30. The van der Waals surface area contributed by atoms with Gasteiger partial charge in [-0.15, -0.1) is 0 Å². The number of nitrogens with zero attached hydrogens (tertiary/aromatic N) is 2. The van der Waals surface area contributed by atoms with Crippen molar-refractivity contribution in [2.75, 3.05) is 12.3 Å². The highest BCUT2D eigenvalue weighted by Gasteiger charge is 2.38. The number of carbonyl (C=O) groups is 1. The zero-order valence-corrected chi connectivity index (χ0v) is 8.61. The quantitative estimate of drug-likeness (QED) is 0.673. The van der Waals surface area contributed by atoms with E-state index in [4.69, 9.17) is 10.8 Å². The number of aliphatic hydroxyl groups is 1. The predicted octanol–water partition coefficient (Wildman–Crippen LogP) is -0.495. The van der Waals surface area contributed by atoms with Crippen molar-refractivity contribution in [3.63, 3.8) is 0 Å². The Morgan fingerprint density at radius 2 is 2.29 bits per heavy atom. The minimum Gasteiger partial charge on any atom is -0.382 e. The lowest BCUT2D eigenvalue weighted by molar-refractivity contribution is -0.201. The summed E-state index contributed by atoms with van der Waals surface area (Å²) in [6.07, 6.45) is -5.91. The average Bonchev–Trinajstić information content (AvgIpc) is 2.58. The summed E-state index contributed by atoms with van der Waals surface area (Å²) >= 11 is 0. The second kappa shape index (κ2) is 5.04. The summed E-state index contributed by atoms with van der Waals surface area (Å²) in [5, 5.41) is 14.2. The van der Waals surface area contributed by atoms with Gasteiger partial charge < -0.3 is 16.2 Å². The van der Waals surface area contributed by atoms with Gasteiger partial charge in [-0.2, -0.15) is 18.3 Å². The molecule has 0 saturated carbocycles. The van der Waals surface area contributed by atoms with Crippen molar-refractivity contribution in [2.24, 2.45) is 0 Å². The van der Waals surface area contributed by atoms with Gasteiger partial charge in [0.2, 0.25) is 5.91 Å². The molecule has 1 aromatic heterocycles. The number of nitrogens with two attached hydrogens (primary N) is 1. The van der Waals surface area contributed by atoms with E-state index in [1.807, 2.05) is 5.32 Å². The molecular formula is C8H11F3N4O2. The fourth-order valence-electron chi connectivity index (χ4n) is 0.995. The van der Waals surface area contributed by atoms with E-state index < -0.39 is 24.7 Å². The molecular weight excluding hydrogens is 241 g/mol. The zero-order chi connectivity index (χ0) is 13.1. The van der Waals surface area contributed by atoms with Gasteiger partial charge in [-0.3, -0.25) is 9.48 Å². The molecule has 1 heterocycles. The van der Waals surface area contributed by atoms with Crippen LogP contribution in [0.5, 0.6) is 0 Å². The van der Waals surface area contributed by atoms with E-state index in [0.717, 1.165) is 0 Å². The largest absolute Gasteiger partial charge is 0.416 e. The Labute approximate surface area is 94.2 Å². The number of amides is 1. The first kappa shape index (κ1) is 13.3. The second-order valence-electron chi connectivity index (χ2n) is 3.30. The van der Waals surface area contributed by atoms with Crippen LogP contribution in [0.15, 0.2) is 12.3 Å². The molecule has 17 heavy (non-hydrogen) atoms. The molecule has 0 spiro atoms. The van der Waals surface area contributed by atoms with Gasteiger partial charge >= 0.3 is 6.18 Å². The van der Waals surface area contributed by atoms with Gasteiger partial charge in [0, 0.05) is 6.20 Å². The number of aliphatic hydroxyl groups excluding tert-OH is 1. The fourth-order valence-corrected chi connectivity index (χ4v) is 0.995. The Bertz CT molecular complexity index is 390. The summed E-state index contributed by atoms with van der Waals surface area (Å²) < 4.78 is 36.9. The van der Waals surface area contributed by atoms with Crippen LogP contribution in [0.25, 0.3) is 0 Å². The van der Waals surface area contributed by atoms with Crippen molar-refractivity contribution in [3.05, 3.63) is 12.3 Å². The standard InChI is InChI=1S/C8H11F3N4O2/c9-8(10,11)5(16)3-13-7(17)4-15-2-1-6(12)14-15/h1-2,5,16H,3-4H2,(H2,12,14)(H,13,17). The lowest BCUT2D eigenvalue weighted by Crippen LogP contribution is -2.41. The first-order valence-electron chi connectivity index (χ1n) is 4.59. The van der Waals surface area contributed by atoms with Gasteiger partial charge in [0.05, 0.1) is 6.54 Å². The SMILES string of the molecule is Nc1ccn(CC(=O)NCC(O)C(F)(F)F)n1. The van der Waals surface area contributed by atoms with Gasteiger partial charge in [0.15, 0.2) is 6.10 Å². The number of aromatic nitrogens is 2. The summed E-state index contributed by atoms with van der Waals surface area (Å²) in [5.74, 6) is -0.496. The predicted molar refractivity (Wildman–Crippen MR) is 51.7 cm³/mol. The third-order valence-electron chi connectivity index (χ3n) is 1.84. The monoisotopic (exact) mass is 252 g/mol. The normalized spacial score (nSPS) is 13.4. The number of hydrogen-bond acceptors (Lipinski definition) is 4. The van der Waals surface area contributed by atoms with Gasteiger partial charge in [-0.25, -0.2) is 0 Å². The first-order chi connectivity index (χ1) is 7.79. The molecule has 1 unspecified atom stereocenters. The van der Waals surface area contributed by atoms with Crippen molar-refractivity contribution in [2.45, 2.75) is 18.8 Å². The Hall–Kier alpha value is -1.77. The van der Waals surface area contributed by atoms with E-state index in [9.17, 15) is 18.0 Å². The lowest BCUT2D eigenvalue weighted by atomic mass is 10.3. The van der Waals surface area contributed by atoms with Crippen LogP contribution in [0.2, 0.25) is 0 Å². The van der Waals surface area contributed by atoms with E-state index in [1.54, 1.807) is 0 Å². The van der Waals surface area contributed by atoms with Crippen LogP contribution in [-0.2, 0) is 11.3 Å². The fraction of sp³-hybridized carbons (Fsp3) is 0.500. The molecule has 0 radical (unpaired) electrons. The van der Waals surface area contributed by atoms with E-state index in [1.165, 1.54) is 16.9 Å². The third-order valence-corrected chi connectivity index (χ3v) is 1.84. The molecule has 6 nitrogen and oxygen atoms in total. The van der Waals surface area contributed by atoms with E-state index >= 15 is 0 Å². The highest BCUT2D eigenvalue weighted by molar-refractivity contribution is 5.75. The molecule has 1 aromatic rings. The summed E-state index contributed by atoms with van der Waals surface area (Å²) in [4.78, 5) is 11.2. The summed E-state index contributed by atoms with van der Waals surface area (Å²) in [6.45, 7) is -1.15. The number of rotatable bonds is 4. The van der Waals surface area contributed by atoms with E-state index in [0.29, 0.717) is 0 Å². The van der Waals surface area contributed by atoms with Crippen LogP contribution < -0.4 is 11.1 Å². The summed E-state index contributed by atoms with van der Waals surface area (Å²) in [5.41, 5.74) is 5.28. The number of anilines is 1. The number of carbonyl (C=O) groups excluding carboxylic acids is 1. The Morgan fingerprint density at radius 1 is 1.65 bits per heavy atom. The maximum Gasteiger partial charge on any atom is 0.416 e. The molecule has 9 heteroatoms. The molecule has 0 aromatic carbocycles. The maximum atomic E-state index is 11.9. The van der Waals surface area contributed by atoms with Crippen LogP contribution >= 0.6 is 0 Å². The number of nitrogen functional groups attached to an aromatic ring is 1. The minimum absolute atomic E-state index is 0.202. The topological polar surface area (TPSA) is 93.2 Å². The van der Waals surface area contributed by atoms with Crippen molar-refractivity contribution >= 4 is 11.7 Å². The number of alkyl halides is 3. The lowest BCUT2D eigenvalue weighted by Gasteiger charge is -2.14. The number of nitrogens with one attached hydrogen (secondary N) is 1. The molecule has 0 aliphatic heterocycles. The molecule has 0 bridgehead atoms. The molecule has 96 valence electrons. The van der Waals surface area contributed by atoms with Gasteiger partial charge in [-0.05, 0) is 6.07 Å².